The van der Waals surface area contributed by atoms with Gasteiger partial charge >= 0.3 is 6.18 Å². The van der Waals surface area contributed by atoms with Crippen molar-refractivity contribution < 1.29 is 32.2 Å². The quantitative estimate of drug-likeness (QED) is 0.570. The molecule has 30 heavy (non-hydrogen) atoms. The molecule has 0 unspecified atom stereocenters. The molecule has 158 valence electrons. The molecule has 1 N–H and O–H groups in total. The summed E-state index contributed by atoms with van der Waals surface area (Å²) >= 11 is 0. The van der Waals surface area contributed by atoms with Crippen molar-refractivity contribution in [3.63, 3.8) is 0 Å². The van der Waals surface area contributed by atoms with E-state index in [0.717, 1.165) is 12.1 Å². The van der Waals surface area contributed by atoms with Crippen LogP contribution in [0.5, 0.6) is 17.2 Å². The van der Waals surface area contributed by atoms with Crippen molar-refractivity contribution in [2.75, 3.05) is 27.9 Å². The summed E-state index contributed by atoms with van der Waals surface area (Å²) in [4.78, 5) is 12.0. The monoisotopic (exact) mass is 419 g/mol. The van der Waals surface area contributed by atoms with E-state index in [-0.39, 0.29) is 12.1 Å². The zero-order chi connectivity index (χ0) is 22.1. The van der Waals surface area contributed by atoms with Crippen LogP contribution in [-0.4, -0.2) is 33.8 Å². The Bertz CT molecular complexity index is 988. The van der Waals surface area contributed by atoms with Crippen LogP contribution in [0.25, 0.3) is 6.08 Å². The number of benzene rings is 2. The number of alkyl halides is 3. The lowest BCUT2D eigenvalue weighted by Crippen LogP contribution is -2.20. The maximum Gasteiger partial charge on any atom is 0.416 e. The molecule has 0 heterocycles. The summed E-state index contributed by atoms with van der Waals surface area (Å²) < 4.78 is 53.8. The van der Waals surface area contributed by atoms with Gasteiger partial charge in [0, 0.05) is 23.3 Å². The van der Waals surface area contributed by atoms with E-state index in [9.17, 15) is 18.0 Å². The first kappa shape index (κ1) is 22.7. The molecule has 2 aromatic carbocycles. The number of rotatable bonds is 6. The van der Waals surface area contributed by atoms with Crippen LogP contribution in [0.1, 0.15) is 16.7 Å². The van der Waals surface area contributed by atoms with Gasteiger partial charge in [0.15, 0.2) is 11.5 Å². The highest BCUT2D eigenvalue weighted by atomic mass is 19.4. The van der Waals surface area contributed by atoms with E-state index in [4.69, 9.17) is 14.2 Å². The topological polar surface area (TPSA) is 56.8 Å². The number of methoxy groups -OCH3 is 3. The number of halogens is 3. The molecule has 8 heteroatoms. The number of hydrogen-bond acceptors (Lipinski definition) is 4. The minimum Gasteiger partial charge on any atom is -0.496 e. The van der Waals surface area contributed by atoms with Gasteiger partial charge in [-0.1, -0.05) is 17.9 Å². The minimum atomic E-state index is -4.43. The minimum absolute atomic E-state index is 0.0253. The van der Waals surface area contributed by atoms with E-state index in [2.05, 4.69) is 17.2 Å². The summed E-state index contributed by atoms with van der Waals surface area (Å²) in [7, 11) is 4.48. The standard InChI is InChI=1S/C22H20F3NO4/c1-28-18-14-20(30-3)19(29-2)13-16(18)9-10-21(27)26-11-5-7-15-6-4-8-17(12-15)22(23,24)25/h4,6,8-10,12-14H,11H2,1-3H3,(H,26,27)/b10-9+. The highest BCUT2D eigenvalue weighted by molar-refractivity contribution is 5.92. The molecule has 0 fully saturated rings. The molecule has 0 bridgehead atoms. The van der Waals surface area contributed by atoms with Crippen molar-refractivity contribution in [1.29, 1.82) is 0 Å². The molecule has 0 saturated heterocycles. The fourth-order valence-corrected chi connectivity index (χ4v) is 2.46. The predicted molar refractivity (Wildman–Crippen MR) is 106 cm³/mol. The smallest absolute Gasteiger partial charge is 0.416 e. The molecule has 1 amide bonds. The van der Waals surface area contributed by atoms with Crippen molar-refractivity contribution in [3.05, 3.63) is 59.2 Å². The lowest BCUT2D eigenvalue weighted by atomic mass is 10.1. The van der Waals surface area contributed by atoms with Crippen molar-refractivity contribution >= 4 is 12.0 Å². The molecule has 0 aliphatic carbocycles. The van der Waals surface area contributed by atoms with Crippen LogP contribution in [0.4, 0.5) is 13.2 Å². The van der Waals surface area contributed by atoms with E-state index in [1.807, 2.05) is 0 Å². The van der Waals surface area contributed by atoms with Crippen molar-refractivity contribution in [2.45, 2.75) is 6.18 Å². The summed E-state index contributed by atoms with van der Waals surface area (Å²) in [5, 5.41) is 2.54. The van der Waals surface area contributed by atoms with E-state index in [1.54, 1.807) is 12.1 Å². The molecular formula is C22H20F3NO4. The highest BCUT2D eigenvalue weighted by Gasteiger charge is 2.30. The summed E-state index contributed by atoms with van der Waals surface area (Å²) in [6, 6.07) is 7.97. The second-order valence-corrected chi connectivity index (χ2v) is 5.88. The molecule has 2 rings (SSSR count). The number of hydrogen-bond donors (Lipinski definition) is 1. The van der Waals surface area contributed by atoms with Gasteiger partial charge in [-0.05, 0) is 30.3 Å². The van der Waals surface area contributed by atoms with Gasteiger partial charge in [0.25, 0.3) is 0 Å². The summed E-state index contributed by atoms with van der Waals surface area (Å²) in [6.07, 6.45) is -1.60. The van der Waals surface area contributed by atoms with Crippen molar-refractivity contribution in [3.8, 4) is 29.1 Å². The van der Waals surface area contributed by atoms with E-state index in [0.29, 0.717) is 22.8 Å². The van der Waals surface area contributed by atoms with Crippen LogP contribution in [0.15, 0.2) is 42.5 Å². The van der Waals surface area contributed by atoms with E-state index in [1.165, 1.54) is 45.6 Å². The molecule has 0 aliphatic heterocycles. The third-order valence-electron chi connectivity index (χ3n) is 3.92. The molecule has 0 atom stereocenters. The van der Waals surface area contributed by atoms with E-state index < -0.39 is 17.6 Å². The largest absolute Gasteiger partial charge is 0.496 e. The Morgan fingerprint density at radius 1 is 1.03 bits per heavy atom. The fourth-order valence-electron chi connectivity index (χ4n) is 2.46. The lowest BCUT2D eigenvalue weighted by molar-refractivity contribution is -0.137. The molecule has 0 saturated carbocycles. The number of carbonyl (C=O) groups is 1. The summed E-state index contributed by atoms with van der Waals surface area (Å²) in [6.45, 7) is -0.0253. The zero-order valence-corrected chi connectivity index (χ0v) is 16.6. The number of carbonyl (C=O) groups excluding carboxylic acids is 1. The van der Waals surface area contributed by atoms with Crippen LogP contribution in [-0.2, 0) is 11.0 Å². The molecule has 0 aliphatic rings. The van der Waals surface area contributed by atoms with Gasteiger partial charge in [-0.25, -0.2) is 0 Å². The van der Waals surface area contributed by atoms with Crippen LogP contribution < -0.4 is 19.5 Å². The van der Waals surface area contributed by atoms with Gasteiger partial charge in [0.2, 0.25) is 5.91 Å². The molecule has 0 spiro atoms. The molecule has 0 radical (unpaired) electrons. The number of ether oxygens (including phenoxy) is 3. The number of nitrogens with one attached hydrogen (secondary N) is 1. The molecule has 5 nitrogen and oxygen atoms in total. The molecule has 0 aromatic heterocycles. The van der Waals surface area contributed by atoms with Crippen LogP contribution in [0.2, 0.25) is 0 Å². The first-order chi connectivity index (χ1) is 14.3. The summed E-state index contributed by atoms with van der Waals surface area (Å²) in [5.74, 6) is 6.24. The van der Waals surface area contributed by atoms with Crippen molar-refractivity contribution in [2.24, 2.45) is 0 Å². The Kier molecular flexibility index (Phi) is 7.76. The maximum absolute atomic E-state index is 12.7. The average Bonchev–Trinajstić information content (AvgIpc) is 2.74. The third-order valence-corrected chi connectivity index (χ3v) is 3.92. The first-order valence-electron chi connectivity index (χ1n) is 8.70. The van der Waals surface area contributed by atoms with Gasteiger partial charge in [-0.2, -0.15) is 13.2 Å². The van der Waals surface area contributed by atoms with Gasteiger partial charge in [0.05, 0.1) is 33.4 Å². The Hall–Kier alpha value is -3.60. The molecule has 2 aromatic rings. The third kappa shape index (κ3) is 6.21. The van der Waals surface area contributed by atoms with Crippen LogP contribution >= 0.6 is 0 Å². The SMILES string of the molecule is COc1cc(OC)c(OC)cc1/C=C/C(=O)NCC#Cc1cccc(C(F)(F)F)c1. The van der Waals surface area contributed by atoms with Gasteiger partial charge < -0.3 is 19.5 Å². The highest BCUT2D eigenvalue weighted by Crippen LogP contribution is 2.35. The van der Waals surface area contributed by atoms with E-state index >= 15 is 0 Å². The average molecular weight is 419 g/mol. The second kappa shape index (κ2) is 10.3. The normalized spacial score (nSPS) is 10.9. The fraction of sp³-hybridized carbons (Fsp3) is 0.227. The van der Waals surface area contributed by atoms with Gasteiger partial charge in [0.1, 0.15) is 5.75 Å². The Morgan fingerprint density at radius 2 is 1.70 bits per heavy atom. The molecular weight excluding hydrogens is 399 g/mol. The Morgan fingerprint density at radius 3 is 2.33 bits per heavy atom. The van der Waals surface area contributed by atoms with Crippen LogP contribution in [0, 0.1) is 11.8 Å². The Balaban J connectivity index is 2.01. The predicted octanol–water partition coefficient (Wildman–Crippen LogP) is 3.91. The van der Waals surface area contributed by atoms with Gasteiger partial charge in [-0.15, -0.1) is 0 Å². The second-order valence-electron chi connectivity index (χ2n) is 5.88. The first-order valence-corrected chi connectivity index (χ1v) is 8.70. The Labute approximate surface area is 172 Å². The lowest BCUT2D eigenvalue weighted by Gasteiger charge is -2.12. The zero-order valence-electron chi connectivity index (χ0n) is 16.6. The maximum atomic E-state index is 12.7. The summed E-state index contributed by atoms with van der Waals surface area (Å²) in [5.41, 5.74) is 0.0372. The van der Waals surface area contributed by atoms with Crippen molar-refractivity contribution in [1.82, 2.24) is 5.32 Å². The van der Waals surface area contributed by atoms with Crippen LogP contribution in [0.3, 0.4) is 0 Å². The number of amides is 1. The van der Waals surface area contributed by atoms with Gasteiger partial charge in [-0.3, -0.25) is 4.79 Å².